The molecule has 2 rings (SSSR count). The van der Waals surface area contributed by atoms with E-state index in [1.165, 1.54) is 16.4 Å². The first-order valence-electron chi connectivity index (χ1n) is 6.27. The molecule has 1 N–H and O–H groups in total. The van der Waals surface area contributed by atoms with E-state index >= 15 is 0 Å². The first-order chi connectivity index (χ1) is 9.43. The fraction of sp³-hybridized carbons (Fsp3) is 0.357. The summed E-state index contributed by atoms with van der Waals surface area (Å²) >= 11 is 1.42. The SMILES string of the molecule is CSc1c(Nc2ccncc2)cnn(C(C)(C)C)c1=O. The smallest absolute Gasteiger partial charge is 0.283 e. The summed E-state index contributed by atoms with van der Waals surface area (Å²) in [6, 6.07) is 3.69. The molecule has 106 valence electrons. The van der Waals surface area contributed by atoms with Crippen molar-refractivity contribution in [2.45, 2.75) is 31.2 Å². The summed E-state index contributed by atoms with van der Waals surface area (Å²) in [4.78, 5) is 17.1. The Bertz CT molecular complexity index is 646. The van der Waals surface area contributed by atoms with Crippen LogP contribution in [0, 0.1) is 0 Å². The van der Waals surface area contributed by atoms with Gasteiger partial charge >= 0.3 is 0 Å². The molecule has 0 radical (unpaired) electrons. The average molecular weight is 290 g/mol. The fourth-order valence-electron chi connectivity index (χ4n) is 1.79. The van der Waals surface area contributed by atoms with Crippen LogP contribution in [0.5, 0.6) is 0 Å². The van der Waals surface area contributed by atoms with Crippen molar-refractivity contribution in [2.75, 3.05) is 11.6 Å². The van der Waals surface area contributed by atoms with Crippen molar-refractivity contribution in [3.05, 3.63) is 41.1 Å². The minimum atomic E-state index is -0.337. The predicted octanol–water partition coefficient (Wildman–Crippen LogP) is 2.86. The normalized spacial score (nSPS) is 11.4. The standard InChI is InChI=1S/C14H18N4OS/c1-14(2,3)18-13(19)12(20-4)11(9-16-18)17-10-5-7-15-8-6-10/h5-9H,1-4H3,(H,15,17). The molecule has 20 heavy (non-hydrogen) atoms. The van der Waals surface area contributed by atoms with Crippen LogP contribution < -0.4 is 10.9 Å². The Labute approximate surface area is 122 Å². The molecule has 0 saturated carbocycles. The van der Waals surface area contributed by atoms with Crippen LogP contribution in [0.3, 0.4) is 0 Å². The topological polar surface area (TPSA) is 59.8 Å². The molecule has 0 aliphatic carbocycles. The van der Waals surface area contributed by atoms with Gasteiger partial charge < -0.3 is 5.32 Å². The highest BCUT2D eigenvalue weighted by molar-refractivity contribution is 7.98. The predicted molar refractivity (Wildman–Crippen MR) is 82.8 cm³/mol. The van der Waals surface area contributed by atoms with E-state index in [4.69, 9.17) is 0 Å². The first-order valence-corrected chi connectivity index (χ1v) is 7.50. The molecular formula is C14H18N4OS. The second-order valence-electron chi connectivity index (χ2n) is 5.34. The number of aromatic nitrogens is 3. The average Bonchev–Trinajstić information content (AvgIpc) is 2.39. The number of nitrogens with zero attached hydrogens (tertiary/aromatic N) is 3. The maximum absolute atomic E-state index is 12.5. The lowest BCUT2D eigenvalue weighted by Gasteiger charge is -2.22. The van der Waals surface area contributed by atoms with Crippen molar-refractivity contribution < 1.29 is 0 Å². The van der Waals surface area contributed by atoms with Crippen LogP contribution in [0.15, 0.2) is 40.4 Å². The van der Waals surface area contributed by atoms with Gasteiger partial charge in [0.25, 0.3) is 5.56 Å². The quantitative estimate of drug-likeness (QED) is 0.881. The lowest BCUT2D eigenvalue weighted by Crippen LogP contribution is -2.36. The lowest BCUT2D eigenvalue weighted by atomic mass is 10.1. The van der Waals surface area contributed by atoms with Gasteiger partial charge in [-0.2, -0.15) is 5.10 Å². The van der Waals surface area contributed by atoms with E-state index < -0.39 is 0 Å². The van der Waals surface area contributed by atoms with Crippen molar-refractivity contribution >= 4 is 23.1 Å². The maximum atomic E-state index is 12.5. The molecule has 0 saturated heterocycles. The van der Waals surface area contributed by atoms with Crippen molar-refractivity contribution in [3.63, 3.8) is 0 Å². The van der Waals surface area contributed by atoms with Gasteiger partial charge in [0.15, 0.2) is 0 Å². The molecular weight excluding hydrogens is 272 g/mol. The fourth-order valence-corrected chi connectivity index (χ4v) is 2.38. The Morgan fingerprint density at radius 2 is 1.90 bits per heavy atom. The van der Waals surface area contributed by atoms with Crippen LogP contribution in [-0.4, -0.2) is 21.0 Å². The van der Waals surface area contributed by atoms with Crippen molar-refractivity contribution in [1.29, 1.82) is 0 Å². The number of rotatable bonds is 3. The second kappa shape index (κ2) is 5.66. The van der Waals surface area contributed by atoms with Gasteiger partial charge in [0.05, 0.1) is 22.3 Å². The zero-order chi connectivity index (χ0) is 14.8. The molecule has 0 aromatic carbocycles. The van der Waals surface area contributed by atoms with Crippen LogP contribution >= 0.6 is 11.8 Å². The summed E-state index contributed by atoms with van der Waals surface area (Å²) in [6.45, 7) is 5.88. The van der Waals surface area contributed by atoms with Gasteiger partial charge in [-0.1, -0.05) is 0 Å². The largest absolute Gasteiger partial charge is 0.353 e. The number of pyridine rings is 1. The van der Waals surface area contributed by atoms with Gasteiger partial charge in [0.2, 0.25) is 0 Å². The Morgan fingerprint density at radius 1 is 1.25 bits per heavy atom. The van der Waals surface area contributed by atoms with Crippen LogP contribution in [0.4, 0.5) is 11.4 Å². The second-order valence-corrected chi connectivity index (χ2v) is 6.16. The third-order valence-electron chi connectivity index (χ3n) is 2.73. The number of nitrogens with one attached hydrogen (secondary N) is 1. The van der Waals surface area contributed by atoms with E-state index in [0.29, 0.717) is 10.6 Å². The Kier molecular flexibility index (Phi) is 4.13. The molecule has 0 amide bonds. The number of thioether (sulfide) groups is 1. The van der Waals surface area contributed by atoms with Crippen molar-refractivity contribution in [3.8, 4) is 0 Å². The summed E-state index contributed by atoms with van der Waals surface area (Å²) in [5.41, 5.74) is 1.18. The van der Waals surface area contributed by atoms with E-state index in [1.807, 2.05) is 39.2 Å². The Morgan fingerprint density at radius 3 is 2.45 bits per heavy atom. The Hall–Kier alpha value is -1.82. The highest BCUT2D eigenvalue weighted by atomic mass is 32.2. The van der Waals surface area contributed by atoms with Crippen molar-refractivity contribution in [1.82, 2.24) is 14.8 Å². The molecule has 2 aromatic rings. The summed E-state index contributed by atoms with van der Waals surface area (Å²) < 4.78 is 1.51. The van der Waals surface area contributed by atoms with Gasteiger partial charge in [-0.15, -0.1) is 11.8 Å². The highest BCUT2D eigenvalue weighted by Gasteiger charge is 2.19. The molecule has 0 aliphatic heterocycles. The third kappa shape index (κ3) is 3.01. The summed E-state index contributed by atoms with van der Waals surface area (Å²) in [6.07, 6.45) is 6.98. The van der Waals surface area contributed by atoms with Crippen LogP contribution in [0.2, 0.25) is 0 Å². The zero-order valence-electron chi connectivity index (χ0n) is 12.0. The summed E-state index contributed by atoms with van der Waals surface area (Å²) in [5.74, 6) is 0. The van der Waals surface area contributed by atoms with E-state index in [-0.39, 0.29) is 11.1 Å². The van der Waals surface area contributed by atoms with Gasteiger partial charge in [-0.25, -0.2) is 4.68 Å². The van der Waals surface area contributed by atoms with Crippen LogP contribution in [0.1, 0.15) is 20.8 Å². The van der Waals surface area contributed by atoms with E-state index in [1.54, 1.807) is 18.6 Å². The maximum Gasteiger partial charge on any atom is 0.283 e. The molecule has 0 fully saturated rings. The van der Waals surface area contributed by atoms with Gasteiger partial charge in [0, 0.05) is 18.1 Å². The molecule has 5 nitrogen and oxygen atoms in total. The molecule has 0 bridgehead atoms. The van der Waals surface area contributed by atoms with Crippen LogP contribution in [0.25, 0.3) is 0 Å². The molecule has 0 aliphatic rings. The number of hydrogen-bond donors (Lipinski definition) is 1. The molecule has 2 heterocycles. The first kappa shape index (κ1) is 14.6. The number of anilines is 2. The van der Waals surface area contributed by atoms with Crippen LogP contribution in [-0.2, 0) is 5.54 Å². The molecule has 2 aromatic heterocycles. The molecule has 0 spiro atoms. The molecule has 0 atom stereocenters. The number of hydrogen-bond acceptors (Lipinski definition) is 5. The monoisotopic (exact) mass is 290 g/mol. The zero-order valence-corrected chi connectivity index (χ0v) is 12.9. The highest BCUT2D eigenvalue weighted by Crippen LogP contribution is 2.24. The van der Waals surface area contributed by atoms with Crippen molar-refractivity contribution in [2.24, 2.45) is 0 Å². The summed E-state index contributed by atoms with van der Waals surface area (Å²) in [7, 11) is 0. The van der Waals surface area contributed by atoms with Gasteiger partial charge in [-0.3, -0.25) is 9.78 Å². The minimum absolute atomic E-state index is 0.0796. The summed E-state index contributed by atoms with van der Waals surface area (Å²) in [5, 5.41) is 7.47. The van der Waals surface area contributed by atoms with E-state index in [0.717, 1.165) is 5.69 Å². The molecule has 6 heteroatoms. The van der Waals surface area contributed by atoms with E-state index in [2.05, 4.69) is 15.4 Å². The van der Waals surface area contributed by atoms with Gasteiger partial charge in [-0.05, 0) is 39.2 Å². The van der Waals surface area contributed by atoms with E-state index in [9.17, 15) is 4.79 Å². The third-order valence-corrected chi connectivity index (χ3v) is 3.54. The minimum Gasteiger partial charge on any atom is -0.353 e. The Balaban J connectivity index is 2.46. The van der Waals surface area contributed by atoms with Gasteiger partial charge in [0.1, 0.15) is 0 Å². The molecule has 0 unspecified atom stereocenters. The lowest BCUT2D eigenvalue weighted by molar-refractivity contribution is 0.334.